The SMILES string of the molecule is CCCNC(C)CCc1ccc(COC)cc1. The highest BCUT2D eigenvalue weighted by Gasteiger charge is 2.01. The summed E-state index contributed by atoms with van der Waals surface area (Å²) < 4.78 is 5.10. The lowest BCUT2D eigenvalue weighted by atomic mass is 10.0. The van der Waals surface area contributed by atoms with E-state index >= 15 is 0 Å². The molecule has 1 aromatic rings. The third kappa shape index (κ3) is 5.85. The molecule has 0 heterocycles. The number of benzene rings is 1. The summed E-state index contributed by atoms with van der Waals surface area (Å²) in [5, 5.41) is 3.51. The van der Waals surface area contributed by atoms with E-state index in [1.165, 1.54) is 24.0 Å². The maximum absolute atomic E-state index is 5.10. The van der Waals surface area contributed by atoms with Crippen molar-refractivity contribution in [3.05, 3.63) is 35.4 Å². The summed E-state index contributed by atoms with van der Waals surface area (Å²) >= 11 is 0. The molecular formula is C15H25NO. The predicted molar refractivity (Wildman–Crippen MR) is 73.2 cm³/mol. The van der Waals surface area contributed by atoms with E-state index < -0.39 is 0 Å². The topological polar surface area (TPSA) is 21.3 Å². The molecule has 0 aliphatic rings. The molecule has 96 valence electrons. The molecule has 0 aliphatic carbocycles. The lowest BCUT2D eigenvalue weighted by Crippen LogP contribution is -2.27. The van der Waals surface area contributed by atoms with Gasteiger partial charge in [-0.3, -0.25) is 0 Å². The van der Waals surface area contributed by atoms with Crippen LogP contribution in [0.3, 0.4) is 0 Å². The van der Waals surface area contributed by atoms with Crippen LogP contribution in [0.15, 0.2) is 24.3 Å². The van der Waals surface area contributed by atoms with Crippen LogP contribution in [0.25, 0.3) is 0 Å². The summed E-state index contributed by atoms with van der Waals surface area (Å²) in [5.41, 5.74) is 2.66. The Morgan fingerprint density at radius 3 is 2.41 bits per heavy atom. The molecular weight excluding hydrogens is 210 g/mol. The number of methoxy groups -OCH3 is 1. The van der Waals surface area contributed by atoms with Gasteiger partial charge >= 0.3 is 0 Å². The zero-order valence-corrected chi connectivity index (χ0v) is 11.3. The zero-order chi connectivity index (χ0) is 12.5. The highest BCUT2D eigenvalue weighted by Crippen LogP contribution is 2.08. The van der Waals surface area contributed by atoms with Gasteiger partial charge in [-0.2, -0.15) is 0 Å². The van der Waals surface area contributed by atoms with Crippen molar-refractivity contribution in [3.63, 3.8) is 0 Å². The molecule has 0 bridgehead atoms. The molecule has 0 saturated carbocycles. The number of nitrogens with one attached hydrogen (secondary N) is 1. The lowest BCUT2D eigenvalue weighted by Gasteiger charge is -2.13. The second-order valence-electron chi connectivity index (χ2n) is 4.64. The van der Waals surface area contributed by atoms with E-state index in [0.29, 0.717) is 12.6 Å². The van der Waals surface area contributed by atoms with Gasteiger partial charge < -0.3 is 10.1 Å². The first-order chi connectivity index (χ1) is 8.26. The predicted octanol–water partition coefficient (Wildman–Crippen LogP) is 3.15. The molecule has 0 aliphatic heterocycles. The molecule has 0 saturated heterocycles. The third-order valence-electron chi connectivity index (χ3n) is 2.94. The Morgan fingerprint density at radius 2 is 1.82 bits per heavy atom. The summed E-state index contributed by atoms with van der Waals surface area (Å²) in [6.45, 7) is 6.28. The molecule has 2 nitrogen and oxygen atoms in total. The Hall–Kier alpha value is -0.860. The molecule has 1 N–H and O–H groups in total. The van der Waals surface area contributed by atoms with Gasteiger partial charge in [-0.15, -0.1) is 0 Å². The fraction of sp³-hybridized carbons (Fsp3) is 0.600. The first-order valence-electron chi connectivity index (χ1n) is 6.56. The maximum atomic E-state index is 5.10. The van der Waals surface area contributed by atoms with Crippen LogP contribution in [0.4, 0.5) is 0 Å². The van der Waals surface area contributed by atoms with Crippen LogP contribution in [-0.4, -0.2) is 19.7 Å². The average molecular weight is 235 g/mol. The highest BCUT2D eigenvalue weighted by atomic mass is 16.5. The fourth-order valence-electron chi connectivity index (χ4n) is 1.84. The van der Waals surface area contributed by atoms with Gasteiger partial charge in [-0.05, 0) is 43.9 Å². The Labute approximate surface area is 105 Å². The highest BCUT2D eigenvalue weighted by molar-refractivity contribution is 5.22. The molecule has 0 fully saturated rings. The van der Waals surface area contributed by atoms with Crippen LogP contribution >= 0.6 is 0 Å². The van der Waals surface area contributed by atoms with Crippen molar-refractivity contribution < 1.29 is 4.74 Å². The normalized spacial score (nSPS) is 12.6. The summed E-state index contributed by atoms with van der Waals surface area (Å²) in [6.07, 6.45) is 3.55. The van der Waals surface area contributed by atoms with Crippen molar-refractivity contribution >= 4 is 0 Å². The molecule has 0 radical (unpaired) electrons. The number of hydrogen-bond donors (Lipinski definition) is 1. The van der Waals surface area contributed by atoms with Crippen LogP contribution in [0.5, 0.6) is 0 Å². The van der Waals surface area contributed by atoms with E-state index in [0.717, 1.165) is 13.0 Å². The van der Waals surface area contributed by atoms with Crippen LogP contribution in [0.2, 0.25) is 0 Å². The number of hydrogen-bond acceptors (Lipinski definition) is 2. The summed E-state index contributed by atoms with van der Waals surface area (Å²) in [7, 11) is 1.73. The number of aryl methyl sites for hydroxylation is 1. The van der Waals surface area contributed by atoms with Crippen LogP contribution < -0.4 is 5.32 Å². The van der Waals surface area contributed by atoms with Crippen LogP contribution in [0, 0.1) is 0 Å². The van der Waals surface area contributed by atoms with E-state index in [1.807, 2.05) is 0 Å². The van der Waals surface area contributed by atoms with E-state index in [-0.39, 0.29) is 0 Å². The van der Waals surface area contributed by atoms with Crippen LogP contribution in [-0.2, 0) is 17.8 Å². The van der Waals surface area contributed by atoms with Crippen molar-refractivity contribution in [2.24, 2.45) is 0 Å². The molecule has 1 rings (SSSR count). The van der Waals surface area contributed by atoms with E-state index in [2.05, 4.69) is 43.4 Å². The van der Waals surface area contributed by atoms with E-state index in [1.54, 1.807) is 7.11 Å². The molecule has 1 atom stereocenters. The quantitative estimate of drug-likeness (QED) is 0.747. The molecule has 0 aromatic heterocycles. The summed E-state index contributed by atoms with van der Waals surface area (Å²) in [5.74, 6) is 0. The molecule has 17 heavy (non-hydrogen) atoms. The van der Waals surface area contributed by atoms with E-state index in [9.17, 15) is 0 Å². The van der Waals surface area contributed by atoms with Crippen LogP contribution in [0.1, 0.15) is 37.8 Å². The van der Waals surface area contributed by atoms with Gasteiger partial charge in [-0.1, -0.05) is 31.2 Å². The van der Waals surface area contributed by atoms with E-state index in [4.69, 9.17) is 4.74 Å². The molecule has 2 heteroatoms. The van der Waals surface area contributed by atoms with Crippen molar-refractivity contribution in [1.29, 1.82) is 0 Å². The van der Waals surface area contributed by atoms with Crippen molar-refractivity contribution in [2.45, 2.75) is 45.8 Å². The fourth-order valence-corrected chi connectivity index (χ4v) is 1.84. The Morgan fingerprint density at radius 1 is 1.18 bits per heavy atom. The monoisotopic (exact) mass is 235 g/mol. The van der Waals surface area contributed by atoms with Gasteiger partial charge in [0.2, 0.25) is 0 Å². The minimum absolute atomic E-state index is 0.605. The second-order valence-corrected chi connectivity index (χ2v) is 4.64. The largest absolute Gasteiger partial charge is 0.380 e. The lowest BCUT2D eigenvalue weighted by molar-refractivity contribution is 0.185. The number of rotatable bonds is 8. The molecule has 0 spiro atoms. The maximum Gasteiger partial charge on any atom is 0.0713 e. The van der Waals surface area contributed by atoms with Gasteiger partial charge in [0.1, 0.15) is 0 Å². The standard InChI is InChI=1S/C15H25NO/c1-4-11-16-13(2)5-6-14-7-9-15(10-8-14)12-17-3/h7-10,13,16H,4-6,11-12H2,1-3H3. The average Bonchev–Trinajstić information content (AvgIpc) is 2.36. The van der Waals surface area contributed by atoms with Gasteiger partial charge in [0.05, 0.1) is 6.61 Å². The minimum atomic E-state index is 0.605. The van der Waals surface area contributed by atoms with Crippen molar-refractivity contribution in [2.75, 3.05) is 13.7 Å². The smallest absolute Gasteiger partial charge is 0.0713 e. The third-order valence-corrected chi connectivity index (χ3v) is 2.94. The molecule has 0 amide bonds. The van der Waals surface area contributed by atoms with Gasteiger partial charge in [-0.25, -0.2) is 0 Å². The van der Waals surface area contributed by atoms with Gasteiger partial charge in [0.15, 0.2) is 0 Å². The molecule has 1 unspecified atom stereocenters. The summed E-state index contributed by atoms with van der Waals surface area (Å²) in [4.78, 5) is 0. The minimum Gasteiger partial charge on any atom is -0.380 e. The first-order valence-corrected chi connectivity index (χ1v) is 6.56. The van der Waals surface area contributed by atoms with Crippen molar-refractivity contribution in [1.82, 2.24) is 5.32 Å². The Kier molecular flexibility index (Phi) is 6.90. The second kappa shape index (κ2) is 8.26. The Balaban J connectivity index is 2.31. The summed E-state index contributed by atoms with van der Waals surface area (Å²) in [6, 6.07) is 9.34. The zero-order valence-electron chi connectivity index (χ0n) is 11.3. The van der Waals surface area contributed by atoms with Gasteiger partial charge in [0.25, 0.3) is 0 Å². The van der Waals surface area contributed by atoms with Crippen molar-refractivity contribution in [3.8, 4) is 0 Å². The number of ether oxygens (including phenoxy) is 1. The first kappa shape index (κ1) is 14.2. The Bertz CT molecular complexity index is 294. The molecule has 1 aromatic carbocycles. The van der Waals surface area contributed by atoms with Gasteiger partial charge in [0, 0.05) is 13.2 Å².